The first-order valence-corrected chi connectivity index (χ1v) is 11.2. The van der Waals surface area contributed by atoms with Gasteiger partial charge in [0.25, 0.3) is 0 Å². The molecule has 1 saturated heterocycles. The number of halogens is 7. The molecule has 0 saturated carbocycles. The van der Waals surface area contributed by atoms with Crippen LogP contribution in [0, 0.1) is 12.7 Å². The zero-order valence-corrected chi connectivity index (χ0v) is 20.0. The second kappa shape index (κ2) is 10.6. The number of alkyl halides is 6. The fourth-order valence-corrected chi connectivity index (χ4v) is 4.32. The lowest BCUT2D eigenvalue weighted by molar-refractivity contribution is -0.143. The van der Waals surface area contributed by atoms with Crippen LogP contribution >= 0.6 is 0 Å². The molecule has 0 spiro atoms. The monoisotopic (exact) mass is 534 g/mol. The van der Waals surface area contributed by atoms with Gasteiger partial charge in [0.05, 0.1) is 23.7 Å². The number of piperazine rings is 1. The molecule has 2 aromatic carbocycles. The number of hydrogen-bond donors (Lipinski definition) is 1. The fourth-order valence-electron chi connectivity index (χ4n) is 4.32. The van der Waals surface area contributed by atoms with Crippen LogP contribution < -0.4 is 5.73 Å². The molecule has 3 amide bonds. The molecule has 6 nitrogen and oxygen atoms in total. The predicted molar refractivity (Wildman–Crippen MR) is 120 cm³/mol. The standard InChI is InChI=1S/C24H25F7N4O2/c1-14-7-18(25)3-4-19(14)20-13-34(21(36)11-32)5-6-35(20)22(37)33(2)12-15-8-16(23(26,27)28)10-17(9-15)24(29,30)31/h3-4,7-10,20H,5-6,11-13,32H2,1-2H3/t20-/m1/s1. The number of hydrogen-bond acceptors (Lipinski definition) is 3. The number of benzene rings is 2. The summed E-state index contributed by atoms with van der Waals surface area (Å²) in [5, 5.41) is 0. The Morgan fingerprint density at radius 3 is 2.11 bits per heavy atom. The number of carbonyl (C=O) groups excluding carboxylic acids is 2. The number of aryl methyl sites for hydroxylation is 1. The van der Waals surface area contributed by atoms with Crippen molar-refractivity contribution < 1.29 is 40.3 Å². The van der Waals surface area contributed by atoms with Gasteiger partial charge < -0.3 is 20.4 Å². The molecule has 1 atom stereocenters. The van der Waals surface area contributed by atoms with E-state index in [1.165, 1.54) is 35.0 Å². The summed E-state index contributed by atoms with van der Waals surface area (Å²) in [6.45, 7) is 0.990. The Morgan fingerprint density at radius 2 is 1.59 bits per heavy atom. The third-order valence-corrected chi connectivity index (χ3v) is 6.14. The molecule has 2 N–H and O–H groups in total. The van der Waals surface area contributed by atoms with Crippen LogP contribution in [0.25, 0.3) is 0 Å². The van der Waals surface area contributed by atoms with Crippen LogP contribution in [-0.4, -0.2) is 59.9 Å². The molecule has 0 aromatic heterocycles. The quantitative estimate of drug-likeness (QED) is 0.585. The summed E-state index contributed by atoms with van der Waals surface area (Å²) in [6, 6.07) is 3.65. The van der Waals surface area contributed by atoms with Crippen LogP contribution in [0.2, 0.25) is 0 Å². The van der Waals surface area contributed by atoms with Gasteiger partial charge in [-0.1, -0.05) is 6.07 Å². The van der Waals surface area contributed by atoms with Crippen molar-refractivity contribution in [3.8, 4) is 0 Å². The predicted octanol–water partition coefficient (Wildman–Crippen LogP) is 4.57. The molecule has 1 aliphatic rings. The number of rotatable bonds is 4. The van der Waals surface area contributed by atoms with Gasteiger partial charge in [0.2, 0.25) is 5.91 Å². The highest BCUT2D eigenvalue weighted by molar-refractivity contribution is 5.79. The van der Waals surface area contributed by atoms with Crippen molar-refractivity contribution in [2.75, 3.05) is 33.2 Å². The number of amides is 3. The maximum absolute atomic E-state index is 13.7. The van der Waals surface area contributed by atoms with E-state index in [9.17, 15) is 40.3 Å². The molecule has 0 bridgehead atoms. The summed E-state index contributed by atoms with van der Waals surface area (Å²) in [6.07, 6.45) is -10.0. The van der Waals surface area contributed by atoms with Crippen LogP contribution in [0.4, 0.5) is 35.5 Å². The van der Waals surface area contributed by atoms with Gasteiger partial charge >= 0.3 is 18.4 Å². The normalized spacial score (nSPS) is 16.6. The Morgan fingerprint density at radius 1 is 1.00 bits per heavy atom. The molecule has 1 aliphatic heterocycles. The van der Waals surface area contributed by atoms with Gasteiger partial charge in [0.1, 0.15) is 5.82 Å². The fraction of sp³-hybridized carbons (Fsp3) is 0.417. The summed E-state index contributed by atoms with van der Waals surface area (Å²) < 4.78 is 93.1. The molecular weight excluding hydrogens is 509 g/mol. The highest BCUT2D eigenvalue weighted by Gasteiger charge is 2.38. The summed E-state index contributed by atoms with van der Waals surface area (Å²) >= 11 is 0. The molecule has 3 rings (SSSR count). The van der Waals surface area contributed by atoms with Crippen LogP contribution in [0.3, 0.4) is 0 Å². The molecule has 1 heterocycles. The van der Waals surface area contributed by atoms with E-state index in [1.807, 2.05) is 0 Å². The third-order valence-electron chi connectivity index (χ3n) is 6.14. The lowest BCUT2D eigenvalue weighted by Crippen LogP contribution is -2.55. The Hall–Kier alpha value is -3.35. The molecule has 2 aromatic rings. The molecular formula is C24H25F7N4O2. The van der Waals surface area contributed by atoms with Crippen LogP contribution in [-0.2, 0) is 23.7 Å². The lowest BCUT2D eigenvalue weighted by atomic mass is 9.97. The van der Waals surface area contributed by atoms with E-state index >= 15 is 0 Å². The van der Waals surface area contributed by atoms with Gasteiger partial charge in [-0.15, -0.1) is 0 Å². The third kappa shape index (κ3) is 6.51. The van der Waals surface area contributed by atoms with Crippen molar-refractivity contribution in [3.63, 3.8) is 0 Å². The van der Waals surface area contributed by atoms with Crippen molar-refractivity contribution >= 4 is 11.9 Å². The van der Waals surface area contributed by atoms with Gasteiger partial charge in [-0.3, -0.25) is 4.79 Å². The van der Waals surface area contributed by atoms with E-state index in [1.54, 1.807) is 6.92 Å². The van der Waals surface area contributed by atoms with E-state index in [4.69, 9.17) is 5.73 Å². The van der Waals surface area contributed by atoms with Crippen molar-refractivity contribution in [3.05, 3.63) is 70.0 Å². The SMILES string of the molecule is Cc1cc(F)ccc1[C@H]1CN(C(=O)CN)CCN1C(=O)N(C)Cc1cc(C(F)(F)F)cc(C(F)(F)F)c1. The van der Waals surface area contributed by atoms with E-state index in [0.29, 0.717) is 23.3 Å². The van der Waals surface area contributed by atoms with Gasteiger partial charge in [0.15, 0.2) is 0 Å². The Labute approximate surface area is 208 Å². The Balaban J connectivity index is 1.92. The summed E-state index contributed by atoms with van der Waals surface area (Å²) in [5.74, 6) is -0.874. The molecule has 0 radical (unpaired) electrons. The largest absolute Gasteiger partial charge is 0.416 e. The lowest BCUT2D eigenvalue weighted by Gasteiger charge is -2.43. The highest BCUT2D eigenvalue weighted by atomic mass is 19.4. The van der Waals surface area contributed by atoms with Gasteiger partial charge in [-0.25, -0.2) is 9.18 Å². The molecule has 13 heteroatoms. The second-order valence-corrected chi connectivity index (χ2v) is 8.81. The molecule has 0 unspecified atom stereocenters. The maximum Gasteiger partial charge on any atom is 0.416 e. The van der Waals surface area contributed by atoms with E-state index in [2.05, 4.69) is 0 Å². The topological polar surface area (TPSA) is 69.9 Å². The highest BCUT2D eigenvalue weighted by Crippen LogP contribution is 2.37. The minimum absolute atomic E-state index is 0.0202. The minimum atomic E-state index is -5.02. The first-order valence-electron chi connectivity index (χ1n) is 11.2. The summed E-state index contributed by atoms with van der Waals surface area (Å²) in [7, 11) is 1.25. The van der Waals surface area contributed by atoms with E-state index < -0.39 is 47.9 Å². The van der Waals surface area contributed by atoms with Crippen molar-refractivity contribution in [2.24, 2.45) is 5.73 Å². The minimum Gasteiger partial charge on any atom is -0.337 e. The maximum atomic E-state index is 13.7. The van der Waals surface area contributed by atoms with Crippen molar-refractivity contribution in [1.29, 1.82) is 0 Å². The molecule has 1 fully saturated rings. The van der Waals surface area contributed by atoms with Crippen LogP contribution in [0.15, 0.2) is 36.4 Å². The molecule has 0 aliphatic carbocycles. The summed E-state index contributed by atoms with van der Waals surface area (Å²) in [5.41, 5.74) is 3.18. The van der Waals surface area contributed by atoms with Crippen molar-refractivity contribution in [1.82, 2.24) is 14.7 Å². The van der Waals surface area contributed by atoms with Crippen LogP contribution in [0.5, 0.6) is 0 Å². The second-order valence-electron chi connectivity index (χ2n) is 8.81. The summed E-state index contributed by atoms with van der Waals surface area (Å²) in [4.78, 5) is 29.4. The van der Waals surface area contributed by atoms with Gasteiger partial charge in [0, 0.05) is 33.2 Å². The first kappa shape index (κ1) is 28.2. The number of carbonyl (C=O) groups is 2. The zero-order valence-electron chi connectivity index (χ0n) is 20.0. The Kier molecular flexibility index (Phi) is 8.06. The average molecular weight is 534 g/mol. The molecule has 202 valence electrons. The van der Waals surface area contributed by atoms with Crippen molar-refractivity contribution in [2.45, 2.75) is 31.9 Å². The Bertz CT molecular complexity index is 1130. The zero-order chi connectivity index (χ0) is 27.7. The first-order chi connectivity index (χ1) is 17.1. The molecule has 37 heavy (non-hydrogen) atoms. The van der Waals surface area contributed by atoms with Crippen LogP contribution in [0.1, 0.15) is 33.9 Å². The van der Waals surface area contributed by atoms with E-state index in [0.717, 1.165) is 4.90 Å². The number of nitrogens with two attached hydrogens (primary N) is 1. The van der Waals surface area contributed by atoms with Gasteiger partial charge in [-0.2, -0.15) is 26.3 Å². The average Bonchev–Trinajstić information content (AvgIpc) is 2.81. The number of urea groups is 1. The smallest absolute Gasteiger partial charge is 0.337 e. The van der Waals surface area contributed by atoms with Gasteiger partial charge in [-0.05, 0) is 53.9 Å². The number of nitrogens with zero attached hydrogens (tertiary/aromatic N) is 3. The van der Waals surface area contributed by atoms with E-state index in [-0.39, 0.29) is 43.7 Å².